The fraction of sp³-hybridized carbons (Fsp3) is 0.323. The number of halogens is 1. The Morgan fingerprint density at radius 2 is 1.88 bits per heavy atom. The molecule has 42 heavy (non-hydrogen) atoms. The number of urea groups is 2. The summed E-state index contributed by atoms with van der Waals surface area (Å²) < 4.78 is 26.8. The van der Waals surface area contributed by atoms with Gasteiger partial charge in [0.2, 0.25) is 0 Å². The monoisotopic (exact) mass is 591 g/mol. The van der Waals surface area contributed by atoms with Crippen molar-refractivity contribution in [3.63, 3.8) is 0 Å². The Bertz CT molecular complexity index is 1550. The van der Waals surface area contributed by atoms with E-state index in [0.29, 0.717) is 31.1 Å². The average Bonchev–Trinajstić information content (AvgIpc) is 3.65. The zero-order chi connectivity index (χ0) is 29.6. The number of thiophene rings is 1. The number of carbonyl (C=O) groups is 2. The molecule has 2 heterocycles. The van der Waals surface area contributed by atoms with E-state index in [1.54, 1.807) is 30.3 Å². The molecule has 0 atom stereocenters. The Morgan fingerprint density at radius 1 is 1.10 bits per heavy atom. The van der Waals surface area contributed by atoms with Gasteiger partial charge in [0.05, 0.1) is 16.8 Å². The number of hydrogen-bond acceptors (Lipinski definition) is 6. The van der Waals surface area contributed by atoms with Crippen LogP contribution in [0.4, 0.5) is 19.7 Å². The zero-order valence-corrected chi connectivity index (χ0v) is 24.6. The number of ether oxygens (including phenoxy) is 2. The Morgan fingerprint density at radius 3 is 2.57 bits per heavy atom. The van der Waals surface area contributed by atoms with Gasteiger partial charge in [-0.05, 0) is 56.0 Å². The van der Waals surface area contributed by atoms with E-state index in [-0.39, 0.29) is 29.9 Å². The third-order valence-electron chi connectivity index (χ3n) is 6.57. The summed E-state index contributed by atoms with van der Waals surface area (Å²) in [7, 11) is 1.62. The highest BCUT2D eigenvalue weighted by molar-refractivity contribution is 7.22. The van der Waals surface area contributed by atoms with E-state index in [0.717, 1.165) is 39.1 Å². The minimum Gasteiger partial charge on any atom is -0.453 e. The summed E-state index contributed by atoms with van der Waals surface area (Å²) in [5.41, 5.74) is 3.08. The minimum atomic E-state index is -0.585. The van der Waals surface area contributed by atoms with Crippen LogP contribution >= 0.6 is 11.3 Å². The Hall–Kier alpha value is -4.22. The lowest BCUT2D eigenvalue weighted by molar-refractivity contribution is 0.145. The van der Waals surface area contributed by atoms with Gasteiger partial charge in [-0.25, -0.2) is 14.0 Å². The molecule has 1 fully saturated rings. The second kappa shape index (κ2) is 13.2. The summed E-state index contributed by atoms with van der Waals surface area (Å²) in [5, 5.41) is 8.40. The largest absolute Gasteiger partial charge is 0.453 e. The van der Waals surface area contributed by atoms with Crippen LogP contribution < -0.4 is 20.7 Å². The molecule has 4 amide bonds. The average molecular weight is 592 g/mol. The van der Waals surface area contributed by atoms with E-state index in [9.17, 15) is 14.0 Å². The number of benzene rings is 2. The first kappa shape index (κ1) is 29.3. The quantitative estimate of drug-likeness (QED) is 0.179. The van der Waals surface area contributed by atoms with Gasteiger partial charge < -0.3 is 30.3 Å². The second-order valence-corrected chi connectivity index (χ2v) is 11.5. The van der Waals surface area contributed by atoms with Crippen molar-refractivity contribution in [1.82, 2.24) is 20.5 Å². The molecule has 0 radical (unpaired) electrons. The van der Waals surface area contributed by atoms with Crippen LogP contribution in [0.2, 0.25) is 0 Å². The Kier molecular flexibility index (Phi) is 9.19. The van der Waals surface area contributed by atoms with Crippen molar-refractivity contribution < 1.29 is 23.5 Å². The molecule has 9 nitrogen and oxygen atoms in total. The number of nitrogens with one attached hydrogen (secondary N) is 3. The van der Waals surface area contributed by atoms with Crippen molar-refractivity contribution in [3.05, 3.63) is 72.2 Å². The minimum absolute atomic E-state index is 0.0399. The molecule has 4 aromatic rings. The van der Waals surface area contributed by atoms with Crippen LogP contribution in [0, 0.1) is 5.82 Å². The molecule has 1 aliphatic rings. The first-order valence-electron chi connectivity index (χ1n) is 13.9. The van der Waals surface area contributed by atoms with E-state index in [1.807, 2.05) is 44.2 Å². The first-order valence-corrected chi connectivity index (χ1v) is 14.7. The number of fused-ring (bicyclic) bond motifs is 1. The predicted octanol–water partition coefficient (Wildman–Crippen LogP) is 6.75. The van der Waals surface area contributed by atoms with Gasteiger partial charge in [0, 0.05) is 61.2 Å². The van der Waals surface area contributed by atoms with Crippen LogP contribution in [0.1, 0.15) is 32.3 Å². The summed E-state index contributed by atoms with van der Waals surface area (Å²) in [6, 6.07) is 15.8. The van der Waals surface area contributed by atoms with Gasteiger partial charge in [-0.15, -0.1) is 11.3 Å². The number of hydrogen-bond donors (Lipinski definition) is 3. The Labute approximate surface area is 248 Å². The summed E-state index contributed by atoms with van der Waals surface area (Å²) in [6.07, 6.45) is 3.57. The van der Waals surface area contributed by atoms with Crippen LogP contribution in [0.3, 0.4) is 0 Å². The number of amides is 4. The molecule has 1 saturated carbocycles. The highest BCUT2D eigenvalue weighted by Crippen LogP contribution is 2.40. The van der Waals surface area contributed by atoms with Crippen molar-refractivity contribution in [2.24, 2.45) is 0 Å². The van der Waals surface area contributed by atoms with Crippen molar-refractivity contribution >= 4 is 39.3 Å². The number of methoxy groups -OCH3 is 1. The lowest BCUT2D eigenvalue weighted by atomic mass is 10.1. The number of anilines is 1. The number of nitrogens with zero attached hydrogens (tertiary/aromatic N) is 2. The number of pyridine rings is 1. The fourth-order valence-electron chi connectivity index (χ4n) is 4.28. The normalized spacial score (nSPS) is 12.8. The van der Waals surface area contributed by atoms with Crippen LogP contribution in [-0.4, -0.2) is 54.3 Å². The number of aromatic nitrogens is 1. The molecule has 0 bridgehead atoms. The molecule has 2 aromatic carbocycles. The molecule has 0 saturated heterocycles. The molecule has 0 aliphatic heterocycles. The zero-order valence-electron chi connectivity index (χ0n) is 23.8. The summed E-state index contributed by atoms with van der Waals surface area (Å²) >= 11 is 1.50. The highest BCUT2D eigenvalue weighted by Gasteiger charge is 2.23. The highest BCUT2D eigenvalue weighted by atomic mass is 32.1. The SMILES string of the molecule is COCCN(Cc1ccc(-c2cc3nccc(Oc4ccc(NC(=O)NC5CC5)cc4F)c3s2)cc1)C(=O)NC(C)C. The van der Waals surface area contributed by atoms with E-state index >= 15 is 0 Å². The van der Waals surface area contributed by atoms with Gasteiger partial charge in [-0.1, -0.05) is 24.3 Å². The lowest BCUT2D eigenvalue weighted by Gasteiger charge is -2.24. The van der Waals surface area contributed by atoms with Gasteiger partial charge in [-0.3, -0.25) is 4.98 Å². The van der Waals surface area contributed by atoms with Crippen molar-refractivity contribution in [1.29, 1.82) is 0 Å². The molecule has 0 spiro atoms. The molecular weight excluding hydrogens is 557 g/mol. The number of rotatable bonds is 11. The predicted molar refractivity (Wildman–Crippen MR) is 163 cm³/mol. The van der Waals surface area contributed by atoms with Gasteiger partial charge in [0.25, 0.3) is 0 Å². The summed E-state index contributed by atoms with van der Waals surface area (Å²) in [6.45, 7) is 5.25. The van der Waals surface area contributed by atoms with E-state index in [1.165, 1.54) is 23.5 Å². The summed E-state index contributed by atoms with van der Waals surface area (Å²) in [5.74, 6) is -0.0449. The van der Waals surface area contributed by atoms with Crippen molar-refractivity contribution in [2.75, 3.05) is 25.6 Å². The third-order valence-corrected chi connectivity index (χ3v) is 7.76. The van der Waals surface area contributed by atoms with Crippen molar-refractivity contribution in [3.8, 4) is 21.9 Å². The standard InChI is InChI=1S/C31H34FN5O4S/c1-19(2)34-31(39)37(14-15-40-3)18-20-4-6-21(7-5-20)28-17-25-29(42-28)27(12-13-33-25)41-26-11-10-23(16-24(26)32)36-30(38)35-22-8-9-22/h4-7,10-13,16-17,19,22H,8-9,14-15,18H2,1-3H3,(H,34,39)(H2,35,36,38). The maximum atomic E-state index is 14.9. The molecule has 1 aliphatic carbocycles. The number of carbonyl (C=O) groups excluding carboxylic acids is 2. The summed E-state index contributed by atoms with van der Waals surface area (Å²) in [4.78, 5) is 31.8. The van der Waals surface area contributed by atoms with Gasteiger partial charge >= 0.3 is 12.1 Å². The van der Waals surface area contributed by atoms with E-state index in [2.05, 4.69) is 20.9 Å². The molecular formula is C31H34FN5O4S. The molecule has 5 rings (SSSR count). The molecule has 11 heteroatoms. The van der Waals surface area contributed by atoms with Crippen LogP contribution in [0.25, 0.3) is 20.7 Å². The molecule has 3 N–H and O–H groups in total. The second-order valence-electron chi connectivity index (χ2n) is 10.5. The molecule has 220 valence electrons. The van der Waals surface area contributed by atoms with Gasteiger partial charge in [0.1, 0.15) is 5.75 Å². The van der Waals surface area contributed by atoms with Crippen LogP contribution in [0.15, 0.2) is 60.8 Å². The smallest absolute Gasteiger partial charge is 0.319 e. The van der Waals surface area contributed by atoms with E-state index in [4.69, 9.17) is 9.47 Å². The first-order chi connectivity index (χ1) is 20.3. The lowest BCUT2D eigenvalue weighted by Crippen LogP contribution is -2.43. The third kappa shape index (κ3) is 7.54. The molecule has 2 aromatic heterocycles. The fourth-order valence-corrected chi connectivity index (χ4v) is 5.36. The maximum absolute atomic E-state index is 14.9. The molecule has 0 unspecified atom stereocenters. The van der Waals surface area contributed by atoms with Gasteiger partial charge in [-0.2, -0.15) is 0 Å². The van der Waals surface area contributed by atoms with Crippen LogP contribution in [-0.2, 0) is 11.3 Å². The van der Waals surface area contributed by atoms with Crippen molar-refractivity contribution in [2.45, 2.75) is 45.3 Å². The topological polar surface area (TPSA) is 105 Å². The van der Waals surface area contributed by atoms with E-state index < -0.39 is 5.82 Å². The van der Waals surface area contributed by atoms with Gasteiger partial charge in [0.15, 0.2) is 11.6 Å². The van der Waals surface area contributed by atoms with Crippen LogP contribution in [0.5, 0.6) is 11.5 Å². The Balaban J connectivity index is 1.29. The maximum Gasteiger partial charge on any atom is 0.319 e.